The van der Waals surface area contributed by atoms with E-state index >= 15 is 0 Å². The summed E-state index contributed by atoms with van der Waals surface area (Å²) in [6.07, 6.45) is 62.2. The largest absolute Gasteiger partial charge is 0.756 e. The van der Waals surface area contributed by atoms with Crippen LogP contribution < -0.4 is 4.89 Å². The second kappa shape index (κ2) is 51.3. The second-order valence-electron chi connectivity index (χ2n) is 21.0. The Morgan fingerprint density at radius 2 is 0.776 bits per heavy atom. The van der Waals surface area contributed by atoms with E-state index in [0.717, 1.165) is 32.1 Å². The lowest BCUT2D eigenvalue weighted by molar-refractivity contribution is -0.870. The van der Waals surface area contributed by atoms with Gasteiger partial charge in [0.25, 0.3) is 7.82 Å². The van der Waals surface area contributed by atoms with Gasteiger partial charge in [-0.3, -0.25) is 9.36 Å². The van der Waals surface area contributed by atoms with Gasteiger partial charge in [0.05, 0.1) is 34.4 Å². The summed E-state index contributed by atoms with van der Waals surface area (Å²) in [6.45, 7) is 5.47. The molecule has 398 valence electrons. The molecular weight excluding hydrogens is 854 g/mol. The molecule has 0 rings (SSSR count). The Labute approximate surface area is 417 Å². The quantitative estimate of drug-likeness (QED) is 0.0197. The monoisotopic (exact) mass is 968 g/mol. The van der Waals surface area contributed by atoms with E-state index in [-0.39, 0.29) is 25.8 Å². The van der Waals surface area contributed by atoms with Crippen molar-refractivity contribution in [3.8, 4) is 0 Å². The van der Waals surface area contributed by atoms with Crippen LogP contribution in [0.4, 0.5) is 0 Å². The molecule has 0 heterocycles. The standard InChI is InChI=1S/C58H114NO7P/c1-6-8-10-12-14-16-18-20-22-24-26-27-28-29-30-31-32-34-36-38-40-42-44-46-48-50-53-63-55-57(56-65-67(61,62)64-54-52-59(3,4)5)66-58(60)51-49-47-45-43-41-39-37-35-33-25-23-21-19-17-15-13-11-9-7-2/h21,23-24,26,57H,6-20,22,25,27-56H2,1-5H3/b23-21-,26-24-. The van der Waals surface area contributed by atoms with Gasteiger partial charge in [0.2, 0.25) is 0 Å². The first kappa shape index (κ1) is 66.0. The minimum atomic E-state index is -4.53. The zero-order valence-corrected chi connectivity index (χ0v) is 46.3. The Hall–Kier alpha value is -1.02. The molecule has 0 N–H and O–H groups in total. The average molecular weight is 969 g/mol. The smallest absolute Gasteiger partial charge is 0.306 e. The van der Waals surface area contributed by atoms with Gasteiger partial charge in [-0.25, -0.2) is 0 Å². The second-order valence-corrected chi connectivity index (χ2v) is 22.4. The number of allylic oxidation sites excluding steroid dienone is 4. The van der Waals surface area contributed by atoms with Gasteiger partial charge in [-0.1, -0.05) is 237 Å². The molecule has 0 aliphatic heterocycles. The van der Waals surface area contributed by atoms with E-state index in [1.165, 1.54) is 231 Å². The maximum atomic E-state index is 12.8. The molecule has 0 aromatic heterocycles. The van der Waals surface area contributed by atoms with Crippen molar-refractivity contribution in [1.82, 2.24) is 0 Å². The summed E-state index contributed by atoms with van der Waals surface area (Å²) < 4.78 is 34.9. The zero-order valence-electron chi connectivity index (χ0n) is 45.4. The van der Waals surface area contributed by atoms with Crippen LogP contribution in [0.1, 0.15) is 284 Å². The van der Waals surface area contributed by atoms with Crippen molar-refractivity contribution >= 4 is 13.8 Å². The Morgan fingerprint density at radius 1 is 0.448 bits per heavy atom. The molecule has 0 saturated heterocycles. The molecule has 0 amide bonds. The van der Waals surface area contributed by atoms with Gasteiger partial charge in [-0.2, -0.15) is 0 Å². The van der Waals surface area contributed by atoms with Crippen LogP contribution >= 0.6 is 7.82 Å². The molecule has 8 nitrogen and oxygen atoms in total. The van der Waals surface area contributed by atoms with Gasteiger partial charge < -0.3 is 27.9 Å². The Bertz CT molecular complexity index is 1120. The number of hydrogen-bond acceptors (Lipinski definition) is 7. The number of rotatable bonds is 55. The van der Waals surface area contributed by atoms with Crippen molar-refractivity contribution in [1.29, 1.82) is 0 Å². The lowest BCUT2D eigenvalue weighted by Crippen LogP contribution is -2.37. The molecule has 0 aromatic carbocycles. The normalized spacial score (nSPS) is 13.6. The molecular formula is C58H114NO7P. The number of unbranched alkanes of at least 4 members (excludes halogenated alkanes) is 37. The molecule has 2 unspecified atom stereocenters. The average Bonchev–Trinajstić information content (AvgIpc) is 3.29. The summed E-state index contributed by atoms with van der Waals surface area (Å²) in [5.74, 6) is -0.331. The maximum Gasteiger partial charge on any atom is 0.306 e. The molecule has 0 saturated carbocycles. The number of nitrogens with zero attached hydrogens (tertiary/aromatic N) is 1. The van der Waals surface area contributed by atoms with Crippen molar-refractivity contribution in [2.24, 2.45) is 0 Å². The van der Waals surface area contributed by atoms with Crippen molar-refractivity contribution in [3.05, 3.63) is 24.3 Å². The molecule has 0 aliphatic rings. The van der Waals surface area contributed by atoms with Gasteiger partial charge in [0.1, 0.15) is 19.3 Å². The molecule has 0 aliphatic carbocycles. The topological polar surface area (TPSA) is 94.1 Å². The van der Waals surface area contributed by atoms with Crippen LogP contribution in [-0.2, 0) is 27.9 Å². The van der Waals surface area contributed by atoms with Crippen LogP contribution in [0.15, 0.2) is 24.3 Å². The number of likely N-dealkylation sites (N-methyl/N-ethyl adjacent to an activating group) is 1. The fraction of sp³-hybridized carbons (Fsp3) is 0.914. The highest BCUT2D eigenvalue weighted by Gasteiger charge is 2.20. The summed E-state index contributed by atoms with van der Waals surface area (Å²) in [4.78, 5) is 25.2. The number of carbonyl (C=O) groups is 1. The first-order valence-electron chi connectivity index (χ1n) is 29.1. The lowest BCUT2D eigenvalue weighted by Gasteiger charge is -2.28. The van der Waals surface area contributed by atoms with E-state index in [2.05, 4.69) is 38.2 Å². The third-order valence-corrected chi connectivity index (χ3v) is 13.9. The molecule has 9 heteroatoms. The highest BCUT2D eigenvalue weighted by atomic mass is 31.2. The zero-order chi connectivity index (χ0) is 49.0. The Morgan fingerprint density at radius 3 is 1.13 bits per heavy atom. The first-order chi connectivity index (χ1) is 32.6. The SMILES string of the molecule is CCCCCCCC/C=C\CCCCCCCCCCCC(=O)OC(COCCCCCCCCCCCCCCCC/C=C\CCCCCCCCCC)COP(=O)([O-])OCC[N+](C)(C)C. The maximum absolute atomic E-state index is 12.8. The summed E-state index contributed by atoms with van der Waals surface area (Å²) in [6, 6.07) is 0. The van der Waals surface area contributed by atoms with Gasteiger partial charge in [0, 0.05) is 13.0 Å². The number of phosphoric ester groups is 1. The summed E-state index contributed by atoms with van der Waals surface area (Å²) in [7, 11) is 1.37. The first-order valence-corrected chi connectivity index (χ1v) is 30.5. The van der Waals surface area contributed by atoms with E-state index in [1.54, 1.807) is 0 Å². The summed E-state index contributed by atoms with van der Waals surface area (Å²) >= 11 is 0. The van der Waals surface area contributed by atoms with Crippen molar-refractivity contribution in [3.63, 3.8) is 0 Å². The predicted molar refractivity (Wildman–Crippen MR) is 287 cm³/mol. The van der Waals surface area contributed by atoms with Crippen molar-refractivity contribution in [2.45, 2.75) is 290 Å². The van der Waals surface area contributed by atoms with Crippen LogP contribution in [-0.4, -0.2) is 70.7 Å². The summed E-state index contributed by atoms with van der Waals surface area (Å²) in [5, 5.41) is 0. The number of esters is 1. The fourth-order valence-corrected chi connectivity index (χ4v) is 9.21. The number of quaternary nitrogens is 1. The highest BCUT2D eigenvalue weighted by molar-refractivity contribution is 7.45. The lowest BCUT2D eigenvalue weighted by atomic mass is 10.0. The number of ether oxygens (including phenoxy) is 2. The predicted octanol–water partition coefficient (Wildman–Crippen LogP) is 17.7. The molecule has 67 heavy (non-hydrogen) atoms. The third kappa shape index (κ3) is 55.8. The summed E-state index contributed by atoms with van der Waals surface area (Å²) in [5.41, 5.74) is 0. The van der Waals surface area contributed by atoms with Crippen LogP contribution in [0, 0.1) is 0 Å². The van der Waals surface area contributed by atoms with Crippen LogP contribution in [0.3, 0.4) is 0 Å². The fourth-order valence-electron chi connectivity index (χ4n) is 8.48. The van der Waals surface area contributed by atoms with E-state index in [4.69, 9.17) is 18.5 Å². The van der Waals surface area contributed by atoms with E-state index in [1.807, 2.05) is 21.1 Å². The van der Waals surface area contributed by atoms with E-state index < -0.39 is 13.9 Å². The van der Waals surface area contributed by atoms with Crippen LogP contribution in [0.2, 0.25) is 0 Å². The van der Waals surface area contributed by atoms with E-state index in [9.17, 15) is 14.3 Å². The van der Waals surface area contributed by atoms with Crippen molar-refractivity contribution in [2.75, 3.05) is 54.1 Å². The number of phosphoric acid groups is 1. The highest BCUT2D eigenvalue weighted by Crippen LogP contribution is 2.38. The minimum absolute atomic E-state index is 0.0281. The molecule has 0 aromatic rings. The minimum Gasteiger partial charge on any atom is -0.756 e. The third-order valence-electron chi connectivity index (χ3n) is 13.0. The Kier molecular flexibility index (Phi) is 50.6. The molecule has 0 spiro atoms. The van der Waals surface area contributed by atoms with Crippen molar-refractivity contribution < 1.29 is 37.3 Å². The molecule has 0 fully saturated rings. The number of hydrogen-bond donors (Lipinski definition) is 0. The van der Waals surface area contributed by atoms with Gasteiger partial charge >= 0.3 is 5.97 Å². The Balaban J connectivity index is 4.02. The molecule has 0 radical (unpaired) electrons. The van der Waals surface area contributed by atoms with Crippen LogP contribution in [0.25, 0.3) is 0 Å². The molecule has 0 bridgehead atoms. The van der Waals surface area contributed by atoms with Crippen LogP contribution in [0.5, 0.6) is 0 Å². The van der Waals surface area contributed by atoms with Gasteiger partial charge in [-0.15, -0.1) is 0 Å². The molecule has 2 atom stereocenters. The number of carbonyl (C=O) groups excluding carboxylic acids is 1. The van der Waals surface area contributed by atoms with Gasteiger partial charge in [-0.05, 0) is 64.2 Å². The van der Waals surface area contributed by atoms with E-state index in [0.29, 0.717) is 24.1 Å². The van der Waals surface area contributed by atoms with Gasteiger partial charge in [0.15, 0.2) is 0 Å².